The Morgan fingerprint density at radius 1 is 1.21 bits per heavy atom. The van der Waals surface area contributed by atoms with Crippen molar-refractivity contribution >= 4 is 5.91 Å². The third kappa shape index (κ3) is 4.37. The number of ether oxygens (including phenoxy) is 1. The lowest BCUT2D eigenvalue weighted by Gasteiger charge is -2.35. The summed E-state index contributed by atoms with van der Waals surface area (Å²) in [5.41, 5.74) is 7.12. The van der Waals surface area contributed by atoms with E-state index in [0.717, 1.165) is 58.1 Å². The highest BCUT2D eigenvalue weighted by molar-refractivity contribution is 5.86. The fraction of sp³-hybridized carbons (Fsp3) is 0.650. The number of aryl methyl sites for hydroxylation is 1. The minimum Gasteiger partial charge on any atom is -0.376 e. The molecule has 1 saturated heterocycles. The van der Waals surface area contributed by atoms with Crippen LogP contribution in [0.25, 0.3) is 0 Å². The van der Waals surface area contributed by atoms with Crippen LogP contribution in [0.15, 0.2) is 30.3 Å². The summed E-state index contributed by atoms with van der Waals surface area (Å²) in [7, 11) is 0. The van der Waals surface area contributed by atoms with Crippen LogP contribution in [-0.4, -0.2) is 42.1 Å². The lowest BCUT2D eigenvalue weighted by Crippen LogP contribution is -2.55. The first kappa shape index (κ1) is 17.4. The van der Waals surface area contributed by atoms with Gasteiger partial charge in [-0.05, 0) is 37.7 Å². The Kier molecular flexibility index (Phi) is 5.90. The highest BCUT2D eigenvalue weighted by atomic mass is 16.5. The van der Waals surface area contributed by atoms with E-state index in [9.17, 15) is 4.79 Å². The topological polar surface area (TPSA) is 55.6 Å². The van der Waals surface area contributed by atoms with Crippen molar-refractivity contribution in [2.75, 3.05) is 19.7 Å². The number of hydrogen-bond acceptors (Lipinski definition) is 3. The second-order valence-electron chi connectivity index (χ2n) is 7.34. The normalized spacial score (nSPS) is 23.4. The summed E-state index contributed by atoms with van der Waals surface area (Å²) in [5.74, 6) is 0.151. The number of nitrogens with two attached hydrogens (primary N) is 1. The van der Waals surface area contributed by atoms with Crippen molar-refractivity contribution in [1.29, 1.82) is 0 Å². The molecule has 4 nitrogen and oxygen atoms in total. The van der Waals surface area contributed by atoms with Crippen LogP contribution in [0, 0.1) is 0 Å². The van der Waals surface area contributed by atoms with Crippen LogP contribution >= 0.6 is 0 Å². The number of hydrogen-bond donors (Lipinski definition) is 1. The van der Waals surface area contributed by atoms with E-state index in [2.05, 4.69) is 24.3 Å². The Balaban J connectivity index is 1.38. The zero-order valence-corrected chi connectivity index (χ0v) is 14.6. The SMILES string of the molecule is NC1(C(=O)N2CCC(OCCCc3ccccc3)C2)CCCCC1. The van der Waals surface area contributed by atoms with Gasteiger partial charge in [-0.2, -0.15) is 0 Å². The highest BCUT2D eigenvalue weighted by Gasteiger charge is 2.40. The number of carbonyl (C=O) groups excluding carboxylic acids is 1. The van der Waals surface area contributed by atoms with E-state index >= 15 is 0 Å². The molecule has 1 aliphatic carbocycles. The van der Waals surface area contributed by atoms with Crippen LogP contribution < -0.4 is 5.73 Å². The van der Waals surface area contributed by atoms with E-state index in [1.54, 1.807) is 0 Å². The van der Waals surface area contributed by atoms with Gasteiger partial charge in [0, 0.05) is 19.7 Å². The van der Waals surface area contributed by atoms with E-state index in [1.165, 1.54) is 12.0 Å². The summed E-state index contributed by atoms with van der Waals surface area (Å²) >= 11 is 0. The molecule has 0 spiro atoms. The zero-order valence-electron chi connectivity index (χ0n) is 14.6. The maximum absolute atomic E-state index is 12.7. The van der Waals surface area contributed by atoms with Crippen molar-refractivity contribution in [1.82, 2.24) is 4.90 Å². The molecular formula is C20H30N2O2. The van der Waals surface area contributed by atoms with Gasteiger partial charge in [-0.1, -0.05) is 49.6 Å². The number of carbonyl (C=O) groups is 1. The lowest BCUT2D eigenvalue weighted by molar-refractivity contribution is -0.137. The van der Waals surface area contributed by atoms with E-state index < -0.39 is 5.54 Å². The van der Waals surface area contributed by atoms with Crippen LogP contribution in [-0.2, 0) is 16.0 Å². The number of rotatable bonds is 6. The first-order valence-electron chi connectivity index (χ1n) is 9.41. The average molecular weight is 330 g/mol. The first-order valence-corrected chi connectivity index (χ1v) is 9.41. The predicted molar refractivity (Wildman–Crippen MR) is 95.7 cm³/mol. The summed E-state index contributed by atoms with van der Waals surface area (Å²) in [6.07, 6.45) is 8.22. The molecule has 1 aliphatic heterocycles. The van der Waals surface area contributed by atoms with Crippen LogP contribution in [0.2, 0.25) is 0 Å². The molecule has 0 aromatic heterocycles. The van der Waals surface area contributed by atoms with Gasteiger partial charge in [0.1, 0.15) is 0 Å². The van der Waals surface area contributed by atoms with Gasteiger partial charge in [-0.15, -0.1) is 0 Å². The van der Waals surface area contributed by atoms with Crippen molar-refractivity contribution in [3.63, 3.8) is 0 Å². The molecule has 2 fully saturated rings. The van der Waals surface area contributed by atoms with E-state index in [-0.39, 0.29) is 12.0 Å². The van der Waals surface area contributed by atoms with Gasteiger partial charge in [0.15, 0.2) is 0 Å². The fourth-order valence-corrected chi connectivity index (χ4v) is 3.93. The van der Waals surface area contributed by atoms with Crippen molar-refractivity contribution in [3.05, 3.63) is 35.9 Å². The van der Waals surface area contributed by atoms with E-state index in [1.807, 2.05) is 11.0 Å². The Hall–Kier alpha value is -1.39. The summed E-state index contributed by atoms with van der Waals surface area (Å²) in [6.45, 7) is 2.26. The minimum absolute atomic E-state index is 0.151. The molecule has 1 aromatic carbocycles. The van der Waals surface area contributed by atoms with Gasteiger partial charge < -0.3 is 15.4 Å². The molecule has 1 atom stereocenters. The molecule has 1 aromatic rings. The average Bonchev–Trinajstić information content (AvgIpc) is 3.08. The number of amides is 1. The maximum atomic E-state index is 12.7. The van der Waals surface area contributed by atoms with Crippen LogP contribution in [0.4, 0.5) is 0 Å². The highest BCUT2D eigenvalue weighted by Crippen LogP contribution is 2.29. The Labute approximate surface area is 145 Å². The monoisotopic (exact) mass is 330 g/mol. The van der Waals surface area contributed by atoms with Crippen molar-refractivity contribution < 1.29 is 9.53 Å². The third-order valence-electron chi connectivity index (χ3n) is 5.41. The van der Waals surface area contributed by atoms with Gasteiger partial charge in [0.05, 0.1) is 11.6 Å². The Morgan fingerprint density at radius 3 is 2.71 bits per heavy atom. The van der Waals surface area contributed by atoms with Gasteiger partial charge in [-0.25, -0.2) is 0 Å². The molecule has 2 aliphatic rings. The maximum Gasteiger partial charge on any atom is 0.242 e. The quantitative estimate of drug-likeness (QED) is 0.816. The molecule has 1 amide bonds. The number of likely N-dealkylation sites (tertiary alicyclic amines) is 1. The van der Waals surface area contributed by atoms with Gasteiger partial charge in [0.25, 0.3) is 0 Å². The Bertz CT molecular complexity index is 526. The van der Waals surface area contributed by atoms with Crippen LogP contribution in [0.1, 0.15) is 50.5 Å². The van der Waals surface area contributed by atoms with Crippen LogP contribution in [0.3, 0.4) is 0 Å². The second kappa shape index (κ2) is 8.13. The molecule has 1 saturated carbocycles. The molecule has 24 heavy (non-hydrogen) atoms. The molecule has 4 heteroatoms. The summed E-state index contributed by atoms with van der Waals surface area (Å²) < 4.78 is 5.99. The van der Waals surface area contributed by atoms with Crippen molar-refractivity contribution in [2.24, 2.45) is 5.73 Å². The van der Waals surface area contributed by atoms with Gasteiger partial charge in [-0.3, -0.25) is 4.79 Å². The molecule has 3 rings (SSSR count). The van der Waals surface area contributed by atoms with Crippen molar-refractivity contribution in [3.8, 4) is 0 Å². The molecule has 0 radical (unpaired) electrons. The van der Waals surface area contributed by atoms with Crippen molar-refractivity contribution in [2.45, 2.75) is 63.0 Å². The van der Waals surface area contributed by atoms with Crippen LogP contribution in [0.5, 0.6) is 0 Å². The standard InChI is InChI=1S/C20H30N2O2/c21-20(12-5-2-6-13-20)19(23)22-14-11-18(16-22)24-15-7-10-17-8-3-1-4-9-17/h1,3-4,8-9,18H,2,5-7,10-16,21H2. The zero-order chi connectivity index (χ0) is 16.8. The van der Waals surface area contributed by atoms with Gasteiger partial charge >= 0.3 is 0 Å². The molecule has 1 heterocycles. The largest absolute Gasteiger partial charge is 0.376 e. The molecule has 2 N–H and O–H groups in total. The summed E-state index contributed by atoms with van der Waals surface area (Å²) in [4.78, 5) is 14.7. The van der Waals surface area contributed by atoms with E-state index in [0.29, 0.717) is 6.54 Å². The Morgan fingerprint density at radius 2 is 1.96 bits per heavy atom. The molecule has 132 valence electrons. The number of benzene rings is 1. The molecular weight excluding hydrogens is 300 g/mol. The lowest BCUT2D eigenvalue weighted by atomic mass is 9.81. The molecule has 1 unspecified atom stereocenters. The molecule has 0 bridgehead atoms. The fourth-order valence-electron chi connectivity index (χ4n) is 3.93. The summed E-state index contributed by atoms with van der Waals surface area (Å²) in [6, 6.07) is 10.5. The van der Waals surface area contributed by atoms with Gasteiger partial charge in [0.2, 0.25) is 5.91 Å². The van der Waals surface area contributed by atoms with E-state index in [4.69, 9.17) is 10.5 Å². The first-order chi connectivity index (χ1) is 11.7. The minimum atomic E-state index is -0.611. The smallest absolute Gasteiger partial charge is 0.242 e. The summed E-state index contributed by atoms with van der Waals surface area (Å²) in [5, 5.41) is 0. The third-order valence-corrected chi connectivity index (χ3v) is 5.41. The second-order valence-corrected chi connectivity index (χ2v) is 7.34. The number of nitrogens with zero attached hydrogens (tertiary/aromatic N) is 1. The predicted octanol–water partition coefficient (Wildman–Crippen LogP) is 2.90.